The van der Waals surface area contributed by atoms with Gasteiger partial charge >= 0.3 is 6.18 Å². The third-order valence-corrected chi connectivity index (χ3v) is 5.18. The van der Waals surface area contributed by atoms with Crippen molar-refractivity contribution in [3.05, 3.63) is 104 Å². The van der Waals surface area contributed by atoms with E-state index in [4.69, 9.17) is 13.9 Å². The number of alkyl halides is 3. The number of halogens is 3. The Labute approximate surface area is 196 Å². The second-order valence-electron chi connectivity index (χ2n) is 7.56. The number of hydrogen-bond acceptors (Lipinski definition) is 6. The quantitative estimate of drug-likeness (QED) is 0.215. The molecule has 1 aromatic heterocycles. The number of ether oxygens (including phenoxy) is 2. The Balaban J connectivity index is 1.65. The number of aryl methyl sites for hydroxylation is 1. The summed E-state index contributed by atoms with van der Waals surface area (Å²) in [5.41, 5.74) is 0.184. The van der Waals surface area contributed by atoms with Gasteiger partial charge in [-0.3, -0.25) is 14.9 Å². The lowest BCUT2D eigenvalue weighted by Gasteiger charge is -2.14. The van der Waals surface area contributed by atoms with E-state index >= 15 is 0 Å². The molecule has 0 amide bonds. The predicted molar refractivity (Wildman–Crippen MR) is 121 cm³/mol. The summed E-state index contributed by atoms with van der Waals surface area (Å²) in [7, 11) is 0. The Morgan fingerprint density at radius 1 is 0.943 bits per heavy atom. The van der Waals surface area contributed by atoms with Gasteiger partial charge in [-0.25, -0.2) is 0 Å². The Kier molecular flexibility index (Phi) is 6.46. The molecular formula is C25H18F3NO6. The predicted octanol–water partition coefficient (Wildman–Crippen LogP) is 6.65. The van der Waals surface area contributed by atoms with Crippen molar-refractivity contribution >= 4 is 16.7 Å². The second-order valence-corrected chi connectivity index (χ2v) is 7.56. The van der Waals surface area contributed by atoms with Gasteiger partial charge in [0.2, 0.25) is 11.2 Å². The Morgan fingerprint density at radius 2 is 1.57 bits per heavy atom. The number of nitrogens with zero attached hydrogens (tertiary/aromatic N) is 1. The molecule has 0 aliphatic carbocycles. The third kappa shape index (κ3) is 5.26. The number of fused-ring (bicyclic) bond motifs is 1. The van der Waals surface area contributed by atoms with E-state index in [1.54, 1.807) is 12.1 Å². The average molecular weight is 485 g/mol. The largest absolute Gasteiger partial charge is 0.489 e. The van der Waals surface area contributed by atoms with E-state index in [1.807, 2.05) is 6.92 Å². The van der Waals surface area contributed by atoms with Crippen molar-refractivity contribution in [3.8, 4) is 17.2 Å². The van der Waals surface area contributed by atoms with Gasteiger partial charge in [0.1, 0.15) is 23.7 Å². The van der Waals surface area contributed by atoms with Crippen molar-refractivity contribution in [3.63, 3.8) is 0 Å². The van der Waals surface area contributed by atoms with E-state index in [0.29, 0.717) is 5.56 Å². The molecule has 0 N–H and O–H groups in total. The number of nitro benzene ring substituents is 1. The number of nitro groups is 1. The van der Waals surface area contributed by atoms with Crippen LogP contribution in [0.2, 0.25) is 0 Å². The smallest absolute Gasteiger partial charge is 0.453 e. The monoisotopic (exact) mass is 485 g/mol. The molecule has 35 heavy (non-hydrogen) atoms. The van der Waals surface area contributed by atoms with Gasteiger partial charge in [-0.2, -0.15) is 13.2 Å². The minimum atomic E-state index is -4.98. The maximum Gasteiger partial charge on any atom is 0.453 e. The summed E-state index contributed by atoms with van der Waals surface area (Å²) >= 11 is 0. The van der Waals surface area contributed by atoms with E-state index in [-0.39, 0.29) is 34.8 Å². The molecule has 0 aliphatic rings. The fraction of sp³-hybridized carbons (Fsp3) is 0.160. The van der Waals surface area contributed by atoms with Gasteiger partial charge < -0.3 is 13.9 Å². The molecule has 0 saturated carbocycles. The highest BCUT2D eigenvalue weighted by atomic mass is 19.4. The number of benzene rings is 3. The zero-order valence-corrected chi connectivity index (χ0v) is 18.3. The van der Waals surface area contributed by atoms with Crippen molar-refractivity contribution in [2.24, 2.45) is 0 Å². The summed E-state index contributed by atoms with van der Waals surface area (Å²) < 4.78 is 57.2. The zero-order chi connectivity index (χ0) is 25.2. The fourth-order valence-corrected chi connectivity index (χ4v) is 3.32. The molecule has 0 fully saturated rings. The summed E-state index contributed by atoms with van der Waals surface area (Å²) in [6.45, 7) is 1.92. The van der Waals surface area contributed by atoms with Crippen molar-refractivity contribution in [1.82, 2.24) is 0 Å². The molecule has 4 aromatic rings. The Hall–Kier alpha value is -4.34. The van der Waals surface area contributed by atoms with Crippen LogP contribution < -0.4 is 14.9 Å². The van der Waals surface area contributed by atoms with Crippen molar-refractivity contribution in [2.45, 2.75) is 26.1 Å². The van der Waals surface area contributed by atoms with Crippen LogP contribution in [0.15, 0.2) is 75.9 Å². The van der Waals surface area contributed by atoms with E-state index in [9.17, 15) is 28.1 Å². The minimum absolute atomic E-state index is 0.00515. The van der Waals surface area contributed by atoms with Gasteiger partial charge in [0.15, 0.2) is 0 Å². The van der Waals surface area contributed by atoms with Gasteiger partial charge in [-0.05, 0) is 53.9 Å². The van der Waals surface area contributed by atoms with Crippen LogP contribution in [0.25, 0.3) is 11.0 Å². The van der Waals surface area contributed by atoms with Gasteiger partial charge in [0, 0.05) is 18.2 Å². The topological polar surface area (TPSA) is 91.8 Å². The first-order valence-electron chi connectivity index (χ1n) is 10.5. The summed E-state index contributed by atoms with van der Waals surface area (Å²) in [6, 6.07) is 15.9. The molecule has 0 radical (unpaired) electrons. The standard InChI is InChI=1S/C25H18F3NO6/c1-2-15-5-9-18(10-6-15)34-23-22(30)20-12-11-19(13-21(20)35-24(23)25(26,27)28)33-14-16-3-7-17(8-4-16)29(31)32/h3-13H,2,14H2,1H3. The fourth-order valence-electron chi connectivity index (χ4n) is 3.32. The molecule has 180 valence electrons. The molecule has 7 nitrogen and oxygen atoms in total. The molecule has 3 aromatic carbocycles. The maximum atomic E-state index is 13.7. The minimum Gasteiger partial charge on any atom is -0.489 e. The SMILES string of the molecule is CCc1ccc(Oc2c(C(F)(F)F)oc3cc(OCc4ccc([N+](=O)[O-])cc4)ccc3c2=O)cc1. The molecule has 0 bridgehead atoms. The van der Waals surface area contributed by atoms with Crippen LogP contribution in [-0.4, -0.2) is 4.92 Å². The summed E-state index contributed by atoms with van der Waals surface area (Å²) in [6.07, 6.45) is -4.25. The molecular weight excluding hydrogens is 467 g/mol. The number of non-ortho nitro benzene ring substituents is 1. The highest BCUT2D eigenvalue weighted by molar-refractivity contribution is 5.79. The van der Waals surface area contributed by atoms with Crippen molar-refractivity contribution < 1.29 is 32.0 Å². The first-order chi connectivity index (χ1) is 16.7. The van der Waals surface area contributed by atoms with Crippen molar-refractivity contribution in [1.29, 1.82) is 0 Å². The first-order valence-corrected chi connectivity index (χ1v) is 10.5. The van der Waals surface area contributed by atoms with Crippen LogP contribution >= 0.6 is 0 Å². The van der Waals surface area contributed by atoms with E-state index in [2.05, 4.69) is 0 Å². The lowest BCUT2D eigenvalue weighted by atomic mass is 10.1. The molecule has 0 saturated heterocycles. The zero-order valence-electron chi connectivity index (χ0n) is 18.3. The van der Waals surface area contributed by atoms with E-state index in [0.717, 1.165) is 12.0 Å². The molecule has 4 rings (SSSR count). The second kappa shape index (κ2) is 9.49. The van der Waals surface area contributed by atoms with Crippen LogP contribution in [-0.2, 0) is 19.2 Å². The lowest BCUT2D eigenvalue weighted by molar-refractivity contribution is -0.384. The number of rotatable bonds is 7. The molecule has 0 spiro atoms. The van der Waals surface area contributed by atoms with Gasteiger partial charge in [0.25, 0.3) is 11.4 Å². The molecule has 1 heterocycles. The van der Waals surface area contributed by atoms with Crippen LogP contribution in [0.4, 0.5) is 18.9 Å². The average Bonchev–Trinajstić information content (AvgIpc) is 2.84. The van der Waals surface area contributed by atoms with Crippen molar-refractivity contribution in [2.75, 3.05) is 0 Å². The van der Waals surface area contributed by atoms with Gasteiger partial charge in [-0.1, -0.05) is 19.1 Å². The van der Waals surface area contributed by atoms with Crippen LogP contribution in [0, 0.1) is 10.1 Å². The Morgan fingerprint density at radius 3 is 2.17 bits per heavy atom. The molecule has 0 aliphatic heterocycles. The Bertz CT molecular complexity index is 1430. The maximum absolute atomic E-state index is 13.7. The first kappa shape index (κ1) is 23.8. The normalized spacial score (nSPS) is 11.4. The summed E-state index contributed by atoms with van der Waals surface area (Å²) in [5, 5.41) is 10.6. The van der Waals surface area contributed by atoms with Gasteiger partial charge in [-0.15, -0.1) is 0 Å². The summed E-state index contributed by atoms with van der Waals surface area (Å²) in [4.78, 5) is 23.1. The number of hydrogen-bond donors (Lipinski definition) is 0. The molecule has 0 unspecified atom stereocenters. The highest BCUT2D eigenvalue weighted by Gasteiger charge is 2.40. The van der Waals surface area contributed by atoms with E-state index < -0.39 is 28.0 Å². The molecule has 10 heteroatoms. The van der Waals surface area contributed by atoms with E-state index in [1.165, 1.54) is 54.6 Å². The summed E-state index contributed by atoms with van der Waals surface area (Å²) in [5.74, 6) is -2.28. The van der Waals surface area contributed by atoms with Crippen LogP contribution in [0.5, 0.6) is 17.2 Å². The molecule has 0 atom stereocenters. The highest BCUT2D eigenvalue weighted by Crippen LogP contribution is 2.38. The van der Waals surface area contributed by atoms with Gasteiger partial charge in [0.05, 0.1) is 10.3 Å². The van der Waals surface area contributed by atoms with Crippen LogP contribution in [0.1, 0.15) is 23.8 Å². The lowest BCUT2D eigenvalue weighted by Crippen LogP contribution is -2.15. The third-order valence-electron chi connectivity index (χ3n) is 5.18. The van der Waals surface area contributed by atoms with Crippen LogP contribution in [0.3, 0.4) is 0 Å².